The first kappa shape index (κ1) is 9.41. The summed E-state index contributed by atoms with van der Waals surface area (Å²) < 4.78 is 0. The Balaban J connectivity index is 2.30. The van der Waals surface area contributed by atoms with Crippen LogP contribution in [0.15, 0.2) is 24.5 Å². The van der Waals surface area contributed by atoms with Crippen molar-refractivity contribution in [1.29, 1.82) is 0 Å². The SMILES string of the molecule is Cc1cncc(C2=C[C@@H](C)CNC2)c1. The molecular formula is C12H16N2. The first-order valence-corrected chi connectivity index (χ1v) is 5.09. The molecule has 0 radical (unpaired) electrons. The van der Waals surface area contributed by atoms with Crippen LogP contribution in [0.25, 0.3) is 5.57 Å². The zero-order valence-corrected chi connectivity index (χ0v) is 8.75. The van der Waals surface area contributed by atoms with Gasteiger partial charge in [0.15, 0.2) is 0 Å². The molecule has 0 bridgehead atoms. The molecule has 1 N–H and O–H groups in total. The van der Waals surface area contributed by atoms with E-state index < -0.39 is 0 Å². The summed E-state index contributed by atoms with van der Waals surface area (Å²) in [5.74, 6) is 0.624. The summed E-state index contributed by atoms with van der Waals surface area (Å²) in [4.78, 5) is 4.22. The van der Waals surface area contributed by atoms with Crippen molar-refractivity contribution in [2.75, 3.05) is 13.1 Å². The van der Waals surface area contributed by atoms with E-state index in [0.717, 1.165) is 13.1 Å². The number of aromatic nitrogens is 1. The van der Waals surface area contributed by atoms with Crippen molar-refractivity contribution >= 4 is 5.57 Å². The Labute approximate surface area is 85.1 Å². The molecule has 1 aliphatic rings. The Morgan fingerprint density at radius 3 is 3.00 bits per heavy atom. The lowest BCUT2D eigenvalue weighted by Gasteiger charge is -2.19. The molecule has 0 aromatic carbocycles. The van der Waals surface area contributed by atoms with E-state index in [2.05, 4.69) is 36.3 Å². The molecule has 0 unspecified atom stereocenters. The summed E-state index contributed by atoms with van der Waals surface area (Å²) in [5.41, 5.74) is 3.85. The van der Waals surface area contributed by atoms with Crippen molar-refractivity contribution < 1.29 is 0 Å². The number of hydrogen-bond donors (Lipinski definition) is 1. The van der Waals surface area contributed by atoms with E-state index in [1.807, 2.05) is 12.4 Å². The lowest BCUT2D eigenvalue weighted by molar-refractivity contribution is 0.607. The number of nitrogens with one attached hydrogen (secondary N) is 1. The average molecular weight is 188 g/mol. The highest BCUT2D eigenvalue weighted by atomic mass is 14.9. The van der Waals surface area contributed by atoms with Gasteiger partial charge in [-0.05, 0) is 35.6 Å². The van der Waals surface area contributed by atoms with Gasteiger partial charge in [0.05, 0.1) is 0 Å². The van der Waals surface area contributed by atoms with Gasteiger partial charge in [0.2, 0.25) is 0 Å². The summed E-state index contributed by atoms with van der Waals surface area (Å²) in [5, 5.41) is 3.41. The first-order valence-electron chi connectivity index (χ1n) is 5.09. The highest BCUT2D eigenvalue weighted by molar-refractivity contribution is 5.67. The van der Waals surface area contributed by atoms with Gasteiger partial charge in [0.1, 0.15) is 0 Å². The number of rotatable bonds is 1. The first-order chi connectivity index (χ1) is 6.75. The molecule has 2 heterocycles. The minimum Gasteiger partial charge on any atom is -0.312 e. The molecule has 0 saturated carbocycles. The number of nitrogens with zero attached hydrogens (tertiary/aromatic N) is 1. The molecular weight excluding hydrogens is 172 g/mol. The van der Waals surface area contributed by atoms with E-state index in [-0.39, 0.29) is 0 Å². The fourth-order valence-corrected chi connectivity index (χ4v) is 1.82. The van der Waals surface area contributed by atoms with E-state index in [1.54, 1.807) is 0 Å². The lowest BCUT2D eigenvalue weighted by atomic mass is 9.98. The van der Waals surface area contributed by atoms with Gasteiger partial charge in [-0.1, -0.05) is 13.0 Å². The van der Waals surface area contributed by atoms with Crippen molar-refractivity contribution in [2.24, 2.45) is 5.92 Å². The van der Waals surface area contributed by atoms with Gasteiger partial charge in [-0.25, -0.2) is 0 Å². The van der Waals surface area contributed by atoms with Gasteiger partial charge in [0.25, 0.3) is 0 Å². The third kappa shape index (κ3) is 2.02. The fourth-order valence-electron chi connectivity index (χ4n) is 1.82. The zero-order valence-electron chi connectivity index (χ0n) is 8.75. The zero-order chi connectivity index (χ0) is 9.97. The van der Waals surface area contributed by atoms with Crippen LogP contribution in [0.3, 0.4) is 0 Å². The second-order valence-electron chi connectivity index (χ2n) is 4.05. The molecule has 1 aromatic heterocycles. The Hall–Kier alpha value is -1.15. The third-order valence-corrected chi connectivity index (χ3v) is 2.51. The second-order valence-corrected chi connectivity index (χ2v) is 4.05. The van der Waals surface area contributed by atoms with Gasteiger partial charge in [0, 0.05) is 25.5 Å². The summed E-state index contributed by atoms with van der Waals surface area (Å²) in [6.07, 6.45) is 6.18. The van der Waals surface area contributed by atoms with Gasteiger partial charge in [-0.3, -0.25) is 4.98 Å². The standard InChI is InChI=1S/C12H16N2/c1-9-3-11(7-13-5-9)12-4-10(2)6-14-8-12/h3-5,7,10,14H,6,8H2,1-2H3/t10-/m1/s1. The van der Waals surface area contributed by atoms with Crippen molar-refractivity contribution in [3.8, 4) is 0 Å². The molecule has 0 amide bonds. The minimum atomic E-state index is 0.624. The van der Waals surface area contributed by atoms with Crippen LogP contribution >= 0.6 is 0 Å². The maximum atomic E-state index is 4.22. The predicted octanol–water partition coefficient (Wildman–Crippen LogP) is 2.01. The lowest BCUT2D eigenvalue weighted by Crippen LogP contribution is -2.27. The highest BCUT2D eigenvalue weighted by Gasteiger charge is 2.10. The second kappa shape index (κ2) is 3.93. The summed E-state index contributed by atoms with van der Waals surface area (Å²) in [6.45, 7) is 6.37. The van der Waals surface area contributed by atoms with Crippen LogP contribution in [0, 0.1) is 12.8 Å². The van der Waals surface area contributed by atoms with Gasteiger partial charge in [-0.15, -0.1) is 0 Å². The van der Waals surface area contributed by atoms with Crippen LogP contribution in [-0.2, 0) is 0 Å². The average Bonchev–Trinajstić information content (AvgIpc) is 2.18. The van der Waals surface area contributed by atoms with E-state index in [0.29, 0.717) is 5.92 Å². The summed E-state index contributed by atoms with van der Waals surface area (Å²) >= 11 is 0. The van der Waals surface area contributed by atoms with Gasteiger partial charge >= 0.3 is 0 Å². The quantitative estimate of drug-likeness (QED) is 0.729. The largest absolute Gasteiger partial charge is 0.312 e. The topological polar surface area (TPSA) is 24.9 Å². The van der Waals surface area contributed by atoms with Crippen LogP contribution in [-0.4, -0.2) is 18.1 Å². The van der Waals surface area contributed by atoms with Crippen molar-refractivity contribution in [3.63, 3.8) is 0 Å². The molecule has 1 aliphatic heterocycles. The molecule has 0 spiro atoms. The predicted molar refractivity (Wildman–Crippen MR) is 59.0 cm³/mol. The molecule has 1 atom stereocenters. The Bertz CT molecular complexity index is 355. The highest BCUT2D eigenvalue weighted by Crippen LogP contribution is 2.18. The minimum absolute atomic E-state index is 0.624. The molecule has 0 fully saturated rings. The molecule has 2 rings (SSSR count). The van der Waals surface area contributed by atoms with Crippen molar-refractivity contribution in [3.05, 3.63) is 35.7 Å². The van der Waals surface area contributed by atoms with E-state index >= 15 is 0 Å². The molecule has 2 heteroatoms. The Morgan fingerprint density at radius 1 is 1.43 bits per heavy atom. The maximum absolute atomic E-state index is 4.22. The van der Waals surface area contributed by atoms with Crippen molar-refractivity contribution in [2.45, 2.75) is 13.8 Å². The number of pyridine rings is 1. The Kier molecular flexibility index (Phi) is 2.64. The van der Waals surface area contributed by atoms with Gasteiger partial charge in [-0.2, -0.15) is 0 Å². The van der Waals surface area contributed by atoms with E-state index in [9.17, 15) is 0 Å². The third-order valence-electron chi connectivity index (χ3n) is 2.51. The van der Waals surface area contributed by atoms with Crippen LogP contribution in [0.1, 0.15) is 18.1 Å². The fraction of sp³-hybridized carbons (Fsp3) is 0.417. The summed E-state index contributed by atoms with van der Waals surface area (Å²) in [7, 11) is 0. The smallest absolute Gasteiger partial charge is 0.0343 e. The number of hydrogen-bond acceptors (Lipinski definition) is 2. The summed E-state index contributed by atoms with van der Waals surface area (Å²) in [6, 6.07) is 2.19. The molecule has 1 aromatic rings. The van der Waals surface area contributed by atoms with E-state index in [1.165, 1.54) is 16.7 Å². The van der Waals surface area contributed by atoms with Crippen LogP contribution in [0.4, 0.5) is 0 Å². The molecule has 74 valence electrons. The molecule has 14 heavy (non-hydrogen) atoms. The van der Waals surface area contributed by atoms with E-state index in [4.69, 9.17) is 0 Å². The van der Waals surface area contributed by atoms with Gasteiger partial charge < -0.3 is 5.32 Å². The molecule has 0 aliphatic carbocycles. The number of aryl methyl sites for hydroxylation is 1. The molecule has 0 saturated heterocycles. The maximum Gasteiger partial charge on any atom is 0.0343 e. The normalized spacial score (nSPS) is 21.9. The van der Waals surface area contributed by atoms with Crippen LogP contribution < -0.4 is 5.32 Å². The van der Waals surface area contributed by atoms with Crippen molar-refractivity contribution in [1.82, 2.24) is 10.3 Å². The van der Waals surface area contributed by atoms with Crippen LogP contribution in [0.5, 0.6) is 0 Å². The Morgan fingerprint density at radius 2 is 2.29 bits per heavy atom. The molecule has 2 nitrogen and oxygen atoms in total. The van der Waals surface area contributed by atoms with Crippen LogP contribution in [0.2, 0.25) is 0 Å². The monoisotopic (exact) mass is 188 g/mol.